The zero-order valence-corrected chi connectivity index (χ0v) is 16.3. The molecule has 3 aliphatic rings. The van der Waals surface area contributed by atoms with Gasteiger partial charge in [-0.3, -0.25) is 0 Å². The molecule has 1 saturated heterocycles. The van der Waals surface area contributed by atoms with Gasteiger partial charge in [-0.25, -0.2) is 8.42 Å². The van der Waals surface area contributed by atoms with Crippen LogP contribution in [0, 0.1) is 5.92 Å². The number of rotatable bonds is 5. The Hall–Kier alpha value is -1.22. The van der Waals surface area contributed by atoms with Crippen LogP contribution in [0.4, 0.5) is 13.2 Å². The minimum absolute atomic E-state index is 0.188. The Morgan fingerprint density at radius 3 is 2.59 bits per heavy atom. The molecule has 2 fully saturated rings. The largest absolute Gasteiger partial charge is 0.511 e. The zero-order chi connectivity index (χ0) is 19.7. The van der Waals surface area contributed by atoms with Crippen LogP contribution in [0.5, 0.6) is 0 Å². The molecule has 1 saturated carbocycles. The highest BCUT2D eigenvalue weighted by Crippen LogP contribution is 2.34. The average molecular weight is 408 g/mol. The molecule has 0 radical (unpaired) electrons. The first-order valence-corrected chi connectivity index (χ1v) is 11.0. The lowest BCUT2D eigenvalue weighted by Gasteiger charge is -2.25. The molecular formula is C18H27F3N2O3S. The molecule has 1 aliphatic heterocycles. The highest BCUT2D eigenvalue weighted by Gasteiger charge is 2.51. The molecule has 0 aromatic carbocycles. The number of allylic oxidation sites excluding steroid dienone is 2. The van der Waals surface area contributed by atoms with E-state index in [1.807, 2.05) is 6.08 Å². The Kier molecular flexibility index (Phi) is 6.10. The SMILES string of the molecule is COC1=C2CN(S(=O)(=O)C(F)(F)F)C[C@H](CCC3CCCC3)NC2=CCC1. The van der Waals surface area contributed by atoms with Crippen LogP contribution >= 0.6 is 0 Å². The summed E-state index contributed by atoms with van der Waals surface area (Å²) in [5.74, 6) is 1.14. The van der Waals surface area contributed by atoms with Crippen LogP contribution in [0.2, 0.25) is 0 Å². The number of sulfonamides is 1. The number of hydrogen-bond donors (Lipinski definition) is 1. The number of nitrogens with one attached hydrogen (secondary N) is 1. The molecule has 0 aromatic heterocycles. The van der Waals surface area contributed by atoms with E-state index in [0.29, 0.717) is 34.4 Å². The summed E-state index contributed by atoms with van der Waals surface area (Å²) in [6, 6.07) is -0.345. The minimum Gasteiger partial charge on any atom is -0.501 e. The van der Waals surface area contributed by atoms with Crippen molar-refractivity contribution in [3.63, 3.8) is 0 Å². The molecule has 0 aromatic rings. The van der Waals surface area contributed by atoms with E-state index < -0.39 is 15.5 Å². The summed E-state index contributed by atoms with van der Waals surface area (Å²) < 4.78 is 69.8. The second-order valence-electron chi connectivity index (χ2n) is 7.57. The summed E-state index contributed by atoms with van der Waals surface area (Å²) in [7, 11) is -3.93. The summed E-state index contributed by atoms with van der Waals surface area (Å²) in [4.78, 5) is 0. The third-order valence-corrected chi connectivity index (χ3v) is 7.32. The Balaban J connectivity index is 1.86. The third kappa shape index (κ3) is 4.45. The van der Waals surface area contributed by atoms with Crippen LogP contribution in [-0.4, -0.2) is 44.5 Å². The van der Waals surface area contributed by atoms with E-state index in [1.54, 1.807) is 0 Å². The van der Waals surface area contributed by atoms with Crippen LogP contribution in [0.15, 0.2) is 23.1 Å². The normalized spacial score (nSPS) is 25.6. The number of alkyl halides is 3. The second kappa shape index (κ2) is 8.03. The third-order valence-electron chi connectivity index (χ3n) is 5.78. The Morgan fingerprint density at radius 1 is 1.26 bits per heavy atom. The van der Waals surface area contributed by atoms with E-state index in [1.165, 1.54) is 20.0 Å². The highest BCUT2D eigenvalue weighted by molar-refractivity contribution is 7.90. The monoisotopic (exact) mass is 408 g/mol. The Morgan fingerprint density at radius 2 is 1.96 bits per heavy atom. The fourth-order valence-corrected chi connectivity index (χ4v) is 5.27. The predicted molar refractivity (Wildman–Crippen MR) is 96.0 cm³/mol. The van der Waals surface area contributed by atoms with Crippen LogP contribution in [0.3, 0.4) is 0 Å². The minimum atomic E-state index is -5.40. The quantitative estimate of drug-likeness (QED) is 0.754. The first-order chi connectivity index (χ1) is 12.7. The standard InChI is InChI=1S/C18H27F3N2O3S/c1-26-17-8-4-7-16-15(17)12-23(27(24,25)18(19,20)21)11-14(22-16)10-9-13-5-2-3-6-13/h7,13-14,22H,2-6,8-12H2,1H3/t14-/m0/s1. The summed E-state index contributed by atoms with van der Waals surface area (Å²) in [6.45, 7) is -0.504. The second-order valence-corrected chi connectivity index (χ2v) is 9.50. The van der Waals surface area contributed by atoms with Gasteiger partial charge in [-0.05, 0) is 25.2 Å². The maximum atomic E-state index is 13.2. The van der Waals surface area contributed by atoms with Gasteiger partial charge in [0.2, 0.25) is 0 Å². The molecule has 1 N–H and O–H groups in total. The predicted octanol–water partition coefficient (Wildman–Crippen LogP) is 3.66. The van der Waals surface area contributed by atoms with Crippen LogP contribution in [0.1, 0.15) is 51.4 Å². The van der Waals surface area contributed by atoms with Gasteiger partial charge in [-0.2, -0.15) is 17.5 Å². The molecule has 0 amide bonds. The summed E-state index contributed by atoms with van der Waals surface area (Å²) in [5.41, 5.74) is -4.08. The number of hydrogen-bond acceptors (Lipinski definition) is 4. The smallest absolute Gasteiger partial charge is 0.501 e. The molecule has 0 unspecified atom stereocenters. The van der Waals surface area contributed by atoms with Crippen molar-refractivity contribution in [1.82, 2.24) is 9.62 Å². The average Bonchev–Trinajstić information content (AvgIpc) is 3.04. The molecule has 2 aliphatic carbocycles. The van der Waals surface area contributed by atoms with Crippen molar-refractivity contribution < 1.29 is 26.3 Å². The van der Waals surface area contributed by atoms with E-state index in [9.17, 15) is 21.6 Å². The van der Waals surface area contributed by atoms with Gasteiger partial charge in [0.15, 0.2) is 0 Å². The zero-order valence-electron chi connectivity index (χ0n) is 15.5. The lowest BCUT2D eigenvalue weighted by molar-refractivity contribution is -0.0487. The maximum absolute atomic E-state index is 13.2. The molecule has 27 heavy (non-hydrogen) atoms. The van der Waals surface area contributed by atoms with E-state index >= 15 is 0 Å². The van der Waals surface area contributed by atoms with Gasteiger partial charge >= 0.3 is 15.5 Å². The summed E-state index contributed by atoms with van der Waals surface area (Å²) >= 11 is 0. The van der Waals surface area contributed by atoms with Gasteiger partial charge in [0, 0.05) is 36.8 Å². The first kappa shape index (κ1) is 20.5. The van der Waals surface area contributed by atoms with Crippen LogP contribution in [0.25, 0.3) is 0 Å². The van der Waals surface area contributed by atoms with Crippen molar-refractivity contribution in [2.45, 2.75) is 62.9 Å². The lowest BCUT2D eigenvalue weighted by atomic mass is 9.97. The first-order valence-electron chi connectivity index (χ1n) is 9.52. The maximum Gasteiger partial charge on any atom is 0.511 e. The Bertz CT molecular complexity index is 710. The number of nitrogens with zero attached hydrogens (tertiary/aromatic N) is 1. The number of methoxy groups -OCH3 is 1. The van der Waals surface area contributed by atoms with Crippen LogP contribution < -0.4 is 5.32 Å². The molecule has 5 nitrogen and oxygen atoms in total. The fraction of sp³-hybridized carbons (Fsp3) is 0.778. The van der Waals surface area contributed by atoms with E-state index in [-0.39, 0.29) is 19.1 Å². The topological polar surface area (TPSA) is 58.6 Å². The van der Waals surface area contributed by atoms with Gasteiger partial charge < -0.3 is 10.1 Å². The fourth-order valence-electron chi connectivity index (χ4n) is 4.30. The van der Waals surface area contributed by atoms with Crippen molar-refractivity contribution in [3.8, 4) is 0 Å². The molecule has 154 valence electrons. The van der Waals surface area contributed by atoms with Gasteiger partial charge in [0.05, 0.1) is 7.11 Å². The van der Waals surface area contributed by atoms with E-state index in [4.69, 9.17) is 4.74 Å². The van der Waals surface area contributed by atoms with Crippen molar-refractivity contribution in [2.24, 2.45) is 5.92 Å². The molecular weight excluding hydrogens is 381 g/mol. The van der Waals surface area contributed by atoms with Gasteiger partial charge in [-0.15, -0.1) is 0 Å². The molecule has 0 spiro atoms. The number of ether oxygens (including phenoxy) is 1. The molecule has 1 heterocycles. The van der Waals surface area contributed by atoms with Crippen molar-refractivity contribution in [1.29, 1.82) is 0 Å². The molecule has 1 atom stereocenters. The van der Waals surface area contributed by atoms with Crippen molar-refractivity contribution in [2.75, 3.05) is 20.2 Å². The summed E-state index contributed by atoms with van der Waals surface area (Å²) in [6.07, 6.45) is 9.48. The molecule has 0 bridgehead atoms. The van der Waals surface area contributed by atoms with Gasteiger partial charge in [0.1, 0.15) is 5.76 Å². The molecule has 3 rings (SSSR count). The van der Waals surface area contributed by atoms with Gasteiger partial charge in [-0.1, -0.05) is 31.8 Å². The summed E-state index contributed by atoms with van der Waals surface area (Å²) in [5, 5.41) is 3.31. The van der Waals surface area contributed by atoms with E-state index in [0.717, 1.165) is 31.4 Å². The van der Waals surface area contributed by atoms with Gasteiger partial charge in [0.25, 0.3) is 0 Å². The highest BCUT2D eigenvalue weighted by atomic mass is 32.2. The van der Waals surface area contributed by atoms with Crippen molar-refractivity contribution >= 4 is 10.0 Å². The number of halogens is 3. The van der Waals surface area contributed by atoms with Crippen molar-refractivity contribution in [3.05, 3.63) is 23.1 Å². The lowest BCUT2D eigenvalue weighted by Crippen LogP contribution is -2.45. The number of fused-ring (bicyclic) bond motifs is 1. The molecule has 9 heteroatoms. The Labute approximate surface area is 158 Å². The van der Waals surface area contributed by atoms with Crippen LogP contribution in [-0.2, 0) is 14.8 Å². The van der Waals surface area contributed by atoms with E-state index in [2.05, 4.69) is 5.32 Å².